The van der Waals surface area contributed by atoms with E-state index in [9.17, 15) is 19.5 Å². The Bertz CT molecular complexity index is 947. The van der Waals surface area contributed by atoms with Gasteiger partial charge >= 0.3 is 6.09 Å². The van der Waals surface area contributed by atoms with E-state index in [0.717, 1.165) is 5.56 Å². The minimum Gasteiger partial charge on any atom is -0.508 e. The number of aromatic hydroxyl groups is 1. The lowest BCUT2D eigenvalue weighted by Crippen LogP contribution is -2.54. The van der Waals surface area contributed by atoms with E-state index in [1.54, 1.807) is 17.0 Å². The lowest BCUT2D eigenvalue weighted by Gasteiger charge is -2.39. The van der Waals surface area contributed by atoms with Crippen molar-refractivity contribution in [1.29, 1.82) is 0 Å². The van der Waals surface area contributed by atoms with Crippen LogP contribution >= 0.6 is 0 Å². The zero-order valence-electron chi connectivity index (χ0n) is 17.1. The van der Waals surface area contributed by atoms with Crippen LogP contribution in [0.4, 0.5) is 4.79 Å². The van der Waals surface area contributed by atoms with Crippen LogP contribution in [0.5, 0.6) is 5.75 Å². The molecular weight excluding hydrogens is 398 g/mol. The van der Waals surface area contributed by atoms with Gasteiger partial charge < -0.3 is 20.1 Å². The minimum atomic E-state index is -0.484. The molecule has 2 aliphatic heterocycles. The Labute approximate surface area is 180 Å². The first-order chi connectivity index (χ1) is 15.0. The quantitative estimate of drug-likeness (QED) is 0.766. The number of phenolic OH excluding ortho intramolecular Hbond substituents is 1. The van der Waals surface area contributed by atoms with Gasteiger partial charge in [-0.15, -0.1) is 0 Å². The number of hydrogen-bond acceptors (Lipinski definition) is 5. The SMILES string of the molecule is O=C(CN1CCOC1=O)N[C@H]1CN(C(=O)c2ccc(O)cc2)CC[C@H]1c1ccccc1. The molecule has 8 nitrogen and oxygen atoms in total. The molecule has 0 aromatic heterocycles. The zero-order chi connectivity index (χ0) is 21.8. The number of carbonyl (C=O) groups excluding carboxylic acids is 3. The van der Waals surface area contributed by atoms with Gasteiger partial charge in [-0.25, -0.2) is 4.79 Å². The van der Waals surface area contributed by atoms with Crippen molar-refractivity contribution < 1.29 is 24.2 Å². The maximum atomic E-state index is 13.0. The molecule has 4 rings (SSSR count). The first-order valence-electron chi connectivity index (χ1n) is 10.4. The number of likely N-dealkylation sites (tertiary alicyclic amines) is 1. The van der Waals surface area contributed by atoms with Gasteiger partial charge in [-0.3, -0.25) is 14.5 Å². The predicted molar refractivity (Wildman–Crippen MR) is 113 cm³/mol. The van der Waals surface area contributed by atoms with Crippen molar-refractivity contribution >= 4 is 17.9 Å². The fraction of sp³-hybridized carbons (Fsp3) is 0.348. The Hall–Kier alpha value is -3.55. The van der Waals surface area contributed by atoms with E-state index in [4.69, 9.17) is 4.74 Å². The number of ether oxygens (including phenoxy) is 1. The summed E-state index contributed by atoms with van der Waals surface area (Å²) in [5.41, 5.74) is 1.59. The van der Waals surface area contributed by atoms with E-state index in [1.807, 2.05) is 30.3 Å². The molecule has 0 spiro atoms. The summed E-state index contributed by atoms with van der Waals surface area (Å²) < 4.78 is 4.89. The number of phenols is 1. The van der Waals surface area contributed by atoms with E-state index in [0.29, 0.717) is 31.6 Å². The third kappa shape index (κ3) is 4.79. The Morgan fingerprint density at radius 2 is 1.81 bits per heavy atom. The second-order valence-electron chi connectivity index (χ2n) is 7.81. The maximum Gasteiger partial charge on any atom is 0.410 e. The molecule has 3 amide bonds. The highest BCUT2D eigenvalue weighted by molar-refractivity contribution is 5.94. The molecule has 2 saturated heterocycles. The summed E-state index contributed by atoms with van der Waals surface area (Å²) in [6.07, 6.45) is 0.215. The van der Waals surface area contributed by atoms with Crippen LogP contribution in [0.2, 0.25) is 0 Å². The number of amides is 3. The molecule has 2 fully saturated rings. The van der Waals surface area contributed by atoms with Crippen molar-refractivity contribution in [1.82, 2.24) is 15.1 Å². The third-order valence-corrected chi connectivity index (χ3v) is 5.77. The number of carbonyl (C=O) groups is 3. The van der Waals surface area contributed by atoms with Crippen LogP contribution in [-0.4, -0.2) is 71.6 Å². The van der Waals surface area contributed by atoms with E-state index < -0.39 is 6.09 Å². The van der Waals surface area contributed by atoms with Crippen LogP contribution in [0.3, 0.4) is 0 Å². The highest BCUT2D eigenvalue weighted by Gasteiger charge is 2.34. The molecule has 0 aliphatic carbocycles. The molecule has 0 bridgehead atoms. The smallest absolute Gasteiger partial charge is 0.410 e. The van der Waals surface area contributed by atoms with Gasteiger partial charge in [-0.2, -0.15) is 0 Å². The molecule has 2 aromatic rings. The summed E-state index contributed by atoms with van der Waals surface area (Å²) in [7, 11) is 0. The normalized spacial score (nSPS) is 21.0. The van der Waals surface area contributed by atoms with Gasteiger partial charge in [0.1, 0.15) is 18.9 Å². The summed E-state index contributed by atoms with van der Waals surface area (Å²) in [6, 6.07) is 15.8. The van der Waals surface area contributed by atoms with Crippen molar-refractivity contribution in [3.63, 3.8) is 0 Å². The first-order valence-corrected chi connectivity index (χ1v) is 10.4. The van der Waals surface area contributed by atoms with Crippen molar-refractivity contribution in [2.24, 2.45) is 0 Å². The van der Waals surface area contributed by atoms with E-state index in [1.165, 1.54) is 17.0 Å². The molecule has 0 saturated carbocycles. The largest absolute Gasteiger partial charge is 0.508 e. The second-order valence-corrected chi connectivity index (χ2v) is 7.81. The molecule has 2 heterocycles. The van der Waals surface area contributed by atoms with Gasteiger partial charge in [0.25, 0.3) is 5.91 Å². The van der Waals surface area contributed by atoms with E-state index >= 15 is 0 Å². The summed E-state index contributed by atoms with van der Waals surface area (Å²) in [5.74, 6) is -0.262. The van der Waals surface area contributed by atoms with Crippen LogP contribution in [0, 0.1) is 0 Å². The number of hydrogen-bond donors (Lipinski definition) is 2. The van der Waals surface area contributed by atoms with Gasteiger partial charge in [0.2, 0.25) is 5.91 Å². The lowest BCUT2D eigenvalue weighted by molar-refractivity contribution is -0.122. The topological polar surface area (TPSA) is 99.2 Å². The molecule has 0 unspecified atom stereocenters. The Balaban J connectivity index is 1.49. The average Bonchev–Trinajstić information content (AvgIpc) is 3.18. The number of nitrogens with one attached hydrogen (secondary N) is 1. The van der Waals surface area contributed by atoms with E-state index in [-0.39, 0.29) is 42.7 Å². The Morgan fingerprint density at radius 1 is 1.06 bits per heavy atom. The van der Waals surface area contributed by atoms with Crippen molar-refractivity contribution in [2.45, 2.75) is 18.4 Å². The monoisotopic (exact) mass is 423 g/mol. The molecule has 2 atom stereocenters. The molecule has 0 radical (unpaired) electrons. The predicted octanol–water partition coefficient (Wildman–Crippen LogP) is 1.96. The molecule has 2 aromatic carbocycles. The van der Waals surface area contributed by atoms with Gasteiger partial charge in [-0.1, -0.05) is 30.3 Å². The first kappa shape index (κ1) is 20.7. The van der Waals surface area contributed by atoms with Crippen molar-refractivity contribution in [2.75, 3.05) is 32.8 Å². The fourth-order valence-electron chi connectivity index (χ4n) is 4.16. The zero-order valence-corrected chi connectivity index (χ0v) is 17.1. The maximum absolute atomic E-state index is 13.0. The highest BCUT2D eigenvalue weighted by Crippen LogP contribution is 2.29. The fourth-order valence-corrected chi connectivity index (χ4v) is 4.16. The van der Waals surface area contributed by atoms with Crippen LogP contribution in [0.25, 0.3) is 0 Å². The lowest BCUT2D eigenvalue weighted by atomic mass is 9.85. The average molecular weight is 423 g/mol. The van der Waals surface area contributed by atoms with E-state index in [2.05, 4.69) is 5.32 Å². The van der Waals surface area contributed by atoms with Crippen LogP contribution < -0.4 is 5.32 Å². The number of cyclic esters (lactones) is 1. The minimum absolute atomic E-state index is 0.0551. The standard InChI is InChI=1S/C23H25N3O5/c27-18-8-6-17(7-9-18)22(29)25-11-10-19(16-4-2-1-3-5-16)20(14-25)24-21(28)15-26-12-13-31-23(26)30/h1-9,19-20,27H,10-15H2,(H,24,28)/t19-,20-/m0/s1. The molecule has 2 aliphatic rings. The molecular formula is C23H25N3O5. The van der Waals surface area contributed by atoms with Crippen LogP contribution in [0.15, 0.2) is 54.6 Å². The third-order valence-electron chi connectivity index (χ3n) is 5.77. The van der Waals surface area contributed by atoms with Gasteiger partial charge in [0, 0.05) is 24.6 Å². The molecule has 8 heteroatoms. The van der Waals surface area contributed by atoms with Gasteiger partial charge in [-0.05, 0) is 36.2 Å². The summed E-state index contributed by atoms with van der Waals surface area (Å²) >= 11 is 0. The molecule has 2 N–H and O–H groups in total. The van der Waals surface area contributed by atoms with Crippen molar-refractivity contribution in [3.05, 3.63) is 65.7 Å². The summed E-state index contributed by atoms with van der Waals surface area (Å²) in [5, 5.41) is 12.5. The van der Waals surface area contributed by atoms with Crippen molar-refractivity contribution in [3.8, 4) is 5.75 Å². The highest BCUT2D eigenvalue weighted by atomic mass is 16.6. The molecule has 31 heavy (non-hydrogen) atoms. The number of piperidine rings is 1. The van der Waals surface area contributed by atoms with Crippen LogP contribution in [-0.2, 0) is 9.53 Å². The number of benzene rings is 2. The Morgan fingerprint density at radius 3 is 2.48 bits per heavy atom. The van der Waals surface area contributed by atoms with Gasteiger partial charge in [0.15, 0.2) is 0 Å². The summed E-state index contributed by atoms with van der Waals surface area (Å²) in [4.78, 5) is 40.4. The van der Waals surface area contributed by atoms with Gasteiger partial charge in [0.05, 0.1) is 12.6 Å². The second kappa shape index (κ2) is 9.07. The molecule has 162 valence electrons. The number of rotatable bonds is 5. The van der Waals surface area contributed by atoms with Crippen LogP contribution in [0.1, 0.15) is 28.3 Å². The summed E-state index contributed by atoms with van der Waals surface area (Å²) in [6.45, 7) is 1.53. The Kier molecular flexibility index (Phi) is 6.06. The number of nitrogens with zero attached hydrogens (tertiary/aromatic N) is 2.